The monoisotopic (exact) mass is 435 g/mol. The van der Waals surface area contributed by atoms with Crippen molar-refractivity contribution in [2.45, 2.75) is 26.4 Å². The van der Waals surface area contributed by atoms with E-state index < -0.39 is 0 Å². The third kappa shape index (κ3) is 5.60. The van der Waals surface area contributed by atoms with E-state index in [9.17, 15) is 0 Å². The summed E-state index contributed by atoms with van der Waals surface area (Å²) >= 11 is 7.99. The number of rotatable bonds is 9. The maximum atomic E-state index is 6.10. The SMILES string of the molecule is Cc1ccc(CN(CCCNc2ccnc3cc(Cl)ccc23)Cc2ccccc2)s1. The Labute approximate surface area is 187 Å². The predicted molar refractivity (Wildman–Crippen MR) is 129 cm³/mol. The highest BCUT2D eigenvalue weighted by atomic mass is 35.5. The molecule has 0 amide bonds. The van der Waals surface area contributed by atoms with Gasteiger partial charge in [0.05, 0.1) is 5.52 Å². The van der Waals surface area contributed by atoms with Crippen molar-refractivity contribution >= 4 is 39.5 Å². The Morgan fingerprint density at radius 1 is 1.00 bits per heavy atom. The first-order valence-corrected chi connectivity index (χ1v) is 11.5. The van der Waals surface area contributed by atoms with Gasteiger partial charge in [-0.2, -0.15) is 0 Å². The zero-order valence-corrected chi connectivity index (χ0v) is 18.7. The lowest BCUT2D eigenvalue weighted by Crippen LogP contribution is -2.25. The molecule has 0 aliphatic carbocycles. The molecular weight excluding hydrogens is 410 g/mol. The molecule has 5 heteroatoms. The summed E-state index contributed by atoms with van der Waals surface area (Å²) in [5, 5.41) is 5.41. The number of hydrogen-bond acceptors (Lipinski definition) is 4. The van der Waals surface area contributed by atoms with Gasteiger partial charge in [0.15, 0.2) is 0 Å². The number of nitrogens with one attached hydrogen (secondary N) is 1. The minimum Gasteiger partial charge on any atom is -0.384 e. The first kappa shape index (κ1) is 20.9. The van der Waals surface area contributed by atoms with Gasteiger partial charge in [-0.05, 0) is 55.3 Å². The van der Waals surface area contributed by atoms with Gasteiger partial charge in [0.25, 0.3) is 0 Å². The molecular formula is C25H26ClN3S. The van der Waals surface area contributed by atoms with Crippen molar-refractivity contribution in [3.05, 3.63) is 93.3 Å². The van der Waals surface area contributed by atoms with Crippen molar-refractivity contribution in [2.75, 3.05) is 18.4 Å². The minimum absolute atomic E-state index is 0.715. The number of fused-ring (bicyclic) bond motifs is 1. The standard InChI is InChI=1S/C25H26ClN3S/c1-19-8-10-22(30-19)18-29(17-20-6-3-2-4-7-20)15-5-13-27-24-12-14-28-25-16-21(26)9-11-23(24)25/h2-4,6-12,14,16H,5,13,15,17-18H2,1H3,(H,27,28). The van der Waals surface area contributed by atoms with Crippen molar-refractivity contribution in [1.82, 2.24) is 9.88 Å². The van der Waals surface area contributed by atoms with Crippen LogP contribution < -0.4 is 5.32 Å². The molecule has 2 heterocycles. The molecule has 0 aliphatic rings. The summed E-state index contributed by atoms with van der Waals surface area (Å²) < 4.78 is 0. The second-order valence-corrected chi connectivity index (χ2v) is 9.32. The van der Waals surface area contributed by atoms with Crippen LogP contribution in [0.15, 0.2) is 72.9 Å². The first-order chi connectivity index (χ1) is 14.7. The zero-order valence-electron chi connectivity index (χ0n) is 17.1. The summed E-state index contributed by atoms with van der Waals surface area (Å²) in [6, 6.07) is 23.1. The fraction of sp³-hybridized carbons (Fsp3) is 0.240. The van der Waals surface area contributed by atoms with Gasteiger partial charge in [0, 0.05) is 58.2 Å². The normalized spacial score (nSPS) is 11.3. The highest BCUT2D eigenvalue weighted by molar-refractivity contribution is 7.11. The second kappa shape index (κ2) is 10.1. The molecule has 2 aromatic heterocycles. The highest BCUT2D eigenvalue weighted by Gasteiger charge is 2.09. The molecule has 3 nitrogen and oxygen atoms in total. The molecule has 0 radical (unpaired) electrons. The van der Waals surface area contributed by atoms with Gasteiger partial charge in [-0.25, -0.2) is 0 Å². The van der Waals surface area contributed by atoms with Gasteiger partial charge < -0.3 is 5.32 Å². The van der Waals surface area contributed by atoms with E-state index in [1.54, 1.807) is 0 Å². The van der Waals surface area contributed by atoms with E-state index in [-0.39, 0.29) is 0 Å². The fourth-order valence-electron chi connectivity index (χ4n) is 3.65. The Bertz CT molecular complexity index is 1090. The molecule has 1 N–H and O–H groups in total. The van der Waals surface area contributed by atoms with Crippen LogP contribution in [0, 0.1) is 6.92 Å². The van der Waals surface area contributed by atoms with Crippen LogP contribution in [0.25, 0.3) is 10.9 Å². The quantitative estimate of drug-likeness (QED) is 0.294. The second-order valence-electron chi connectivity index (χ2n) is 7.51. The van der Waals surface area contributed by atoms with Crippen molar-refractivity contribution in [3.8, 4) is 0 Å². The van der Waals surface area contributed by atoms with Crippen molar-refractivity contribution in [2.24, 2.45) is 0 Å². The minimum atomic E-state index is 0.715. The number of hydrogen-bond donors (Lipinski definition) is 1. The lowest BCUT2D eigenvalue weighted by atomic mass is 10.2. The number of anilines is 1. The topological polar surface area (TPSA) is 28.2 Å². The predicted octanol–water partition coefficient (Wildman–Crippen LogP) is 6.76. The van der Waals surface area contributed by atoms with Gasteiger partial charge in [-0.3, -0.25) is 9.88 Å². The molecule has 0 fully saturated rings. The molecule has 0 bridgehead atoms. The first-order valence-electron chi connectivity index (χ1n) is 10.3. The third-order valence-electron chi connectivity index (χ3n) is 5.10. The van der Waals surface area contributed by atoms with Crippen molar-refractivity contribution < 1.29 is 0 Å². The van der Waals surface area contributed by atoms with Crippen LogP contribution in [0.5, 0.6) is 0 Å². The maximum Gasteiger partial charge on any atom is 0.0737 e. The number of thiophene rings is 1. The Morgan fingerprint density at radius 2 is 1.87 bits per heavy atom. The van der Waals surface area contributed by atoms with E-state index in [0.29, 0.717) is 5.02 Å². The molecule has 4 aromatic rings. The van der Waals surface area contributed by atoms with Crippen LogP contribution in [0.4, 0.5) is 5.69 Å². The molecule has 0 saturated carbocycles. The average Bonchev–Trinajstić information content (AvgIpc) is 3.16. The number of halogens is 1. The van der Waals surface area contributed by atoms with E-state index in [1.165, 1.54) is 15.3 Å². The molecule has 0 unspecified atom stereocenters. The van der Waals surface area contributed by atoms with E-state index in [4.69, 9.17) is 11.6 Å². The summed E-state index contributed by atoms with van der Waals surface area (Å²) in [5.74, 6) is 0. The Balaban J connectivity index is 1.37. The Morgan fingerprint density at radius 3 is 2.67 bits per heavy atom. The van der Waals surface area contributed by atoms with Crippen molar-refractivity contribution in [1.29, 1.82) is 0 Å². The molecule has 0 aliphatic heterocycles. The number of nitrogens with zero attached hydrogens (tertiary/aromatic N) is 2. The van der Waals surface area contributed by atoms with E-state index in [2.05, 4.69) is 64.6 Å². The number of aromatic nitrogens is 1. The van der Waals surface area contributed by atoms with E-state index in [1.807, 2.05) is 41.8 Å². The average molecular weight is 436 g/mol. The lowest BCUT2D eigenvalue weighted by Gasteiger charge is -2.22. The van der Waals surface area contributed by atoms with Gasteiger partial charge in [-0.15, -0.1) is 11.3 Å². The van der Waals surface area contributed by atoms with Crippen LogP contribution in [0.1, 0.15) is 21.7 Å². The molecule has 0 spiro atoms. The maximum absolute atomic E-state index is 6.10. The summed E-state index contributed by atoms with van der Waals surface area (Å²) in [7, 11) is 0. The largest absolute Gasteiger partial charge is 0.384 e. The highest BCUT2D eigenvalue weighted by Crippen LogP contribution is 2.24. The van der Waals surface area contributed by atoms with Crippen LogP contribution in [-0.4, -0.2) is 23.0 Å². The summed E-state index contributed by atoms with van der Waals surface area (Å²) in [5.41, 5.74) is 3.39. The van der Waals surface area contributed by atoms with Crippen LogP contribution >= 0.6 is 22.9 Å². The van der Waals surface area contributed by atoms with Gasteiger partial charge >= 0.3 is 0 Å². The Hall–Kier alpha value is -2.40. The van der Waals surface area contributed by atoms with Crippen LogP contribution in [0.2, 0.25) is 5.02 Å². The molecule has 154 valence electrons. The summed E-state index contributed by atoms with van der Waals surface area (Å²) in [6.07, 6.45) is 2.90. The molecule has 0 atom stereocenters. The number of pyridine rings is 1. The lowest BCUT2D eigenvalue weighted by molar-refractivity contribution is 0.258. The summed E-state index contributed by atoms with van der Waals surface area (Å²) in [4.78, 5) is 9.75. The van der Waals surface area contributed by atoms with Gasteiger partial charge in [-0.1, -0.05) is 41.9 Å². The van der Waals surface area contributed by atoms with Gasteiger partial charge in [0.1, 0.15) is 0 Å². The Kier molecular flexibility index (Phi) is 7.00. The molecule has 4 rings (SSSR count). The fourth-order valence-corrected chi connectivity index (χ4v) is 4.75. The van der Waals surface area contributed by atoms with Crippen molar-refractivity contribution in [3.63, 3.8) is 0 Å². The zero-order chi connectivity index (χ0) is 20.8. The third-order valence-corrected chi connectivity index (χ3v) is 6.32. The number of benzene rings is 2. The number of aryl methyl sites for hydroxylation is 1. The van der Waals surface area contributed by atoms with Crippen LogP contribution in [0.3, 0.4) is 0 Å². The van der Waals surface area contributed by atoms with Gasteiger partial charge in [0.2, 0.25) is 0 Å². The molecule has 0 saturated heterocycles. The smallest absolute Gasteiger partial charge is 0.0737 e. The molecule has 2 aromatic carbocycles. The van der Waals surface area contributed by atoms with Crippen LogP contribution in [-0.2, 0) is 13.1 Å². The molecule has 30 heavy (non-hydrogen) atoms. The van der Waals surface area contributed by atoms with E-state index in [0.717, 1.165) is 49.2 Å². The summed E-state index contributed by atoms with van der Waals surface area (Å²) in [6.45, 7) is 6.08. The van der Waals surface area contributed by atoms with E-state index >= 15 is 0 Å².